The Balaban J connectivity index is 0.000000756. The van der Waals surface area contributed by atoms with E-state index in [4.69, 9.17) is 9.47 Å². The summed E-state index contributed by atoms with van der Waals surface area (Å²) in [6, 6.07) is 24.1. The van der Waals surface area contributed by atoms with Crippen molar-refractivity contribution in [3.8, 4) is 11.5 Å². The van der Waals surface area contributed by atoms with Crippen LogP contribution in [0.15, 0.2) is 71.2 Å². The molecule has 6 heteroatoms. The molecule has 0 N–H and O–H groups in total. The van der Waals surface area contributed by atoms with Crippen LogP contribution in [0, 0.1) is 27.7 Å². The largest absolute Gasteiger partial charge is 0.748 e. The molecule has 0 bridgehead atoms. The summed E-state index contributed by atoms with van der Waals surface area (Å²) in [4.78, 5) is 2.25. The second kappa shape index (κ2) is 14.5. The molecule has 4 aromatic carbocycles. The first kappa shape index (κ1) is 32.3. The molecular formula is C32H39BrFeNO2P-6. The van der Waals surface area contributed by atoms with Crippen molar-refractivity contribution in [3.05, 3.63) is 99.0 Å². The molecule has 1 unspecified atom stereocenters. The Bertz CT molecular complexity index is 1190. The summed E-state index contributed by atoms with van der Waals surface area (Å²) in [7, 11) is 6.98. The van der Waals surface area contributed by atoms with Gasteiger partial charge < -0.3 is 44.7 Å². The minimum absolute atomic E-state index is 0. The van der Waals surface area contributed by atoms with Gasteiger partial charge in [-0.05, 0) is 105 Å². The van der Waals surface area contributed by atoms with Crippen LogP contribution in [0.5, 0.6) is 11.5 Å². The zero-order valence-electron chi connectivity index (χ0n) is 23.9. The Kier molecular flexibility index (Phi) is 12.3. The SMILES string of the molecule is COc1c(C)cc(P(c2cc(C)c(OC)c(C)c2)[c-]2ccc(C(C)N(C)C)c2Br)cc1C.[Fe].[cH-]1[cH-][cH-][cH-][cH-]1. The number of halogens is 1. The number of benzene rings is 2. The van der Waals surface area contributed by atoms with Crippen LogP contribution in [0.2, 0.25) is 0 Å². The zero-order chi connectivity index (χ0) is 27.3. The van der Waals surface area contributed by atoms with E-state index in [-0.39, 0.29) is 17.1 Å². The van der Waals surface area contributed by atoms with Crippen molar-refractivity contribution >= 4 is 39.8 Å². The van der Waals surface area contributed by atoms with Crippen molar-refractivity contribution in [3.63, 3.8) is 0 Å². The first-order chi connectivity index (χ1) is 17.6. The first-order valence-corrected chi connectivity index (χ1v) is 14.6. The smallest absolute Gasteiger partial charge is 0.124 e. The summed E-state index contributed by atoms with van der Waals surface area (Å²) in [5.74, 6) is 1.93. The van der Waals surface area contributed by atoms with E-state index in [0.29, 0.717) is 6.04 Å². The summed E-state index contributed by atoms with van der Waals surface area (Å²) >= 11 is 3.99. The minimum atomic E-state index is -0.766. The van der Waals surface area contributed by atoms with E-state index in [2.05, 4.69) is 106 Å². The maximum atomic E-state index is 5.65. The Hall–Kier alpha value is -1.87. The van der Waals surface area contributed by atoms with E-state index in [1.807, 2.05) is 30.3 Å². The van der Waals surface area contributed by atoms with Crippen molar-refractivity contribution < 1.29 is 26.5 Å². The van der Waals surface area contributed by atoms with Crippen LogP contribution in [-0.2, 0) is 17.1 Å². The van der Waals surface area contributed by atoms with Crippen molar-refractivity contribution in [2.24, 2.45) is 0 Å². The van der Waals surface area contributed by atoms with E-state index < -0.39 is 7.92 Å². The number of aryl methyl sites for hydroxylation is 4. The number of hydrogen-bond acceptors (Lipinski definition) is 3. The fourth-order valence-electron chi connectivity index (χ4n) is 4.74. The van der Waals surface area contributed by atoms with Gasteiger partial charge in [-0.25, -0.2) is 6.07 Å². The van der Waals surface area contributed by atoms with E-state index in [1.54, 1.807) is 14.2 Å². The van der Waals surface area contributed by atoms with Gasteiger partial charge in [0.15, 0.2) is 0 Å². The van der Waals surface area contributed by atoms with E-state index in [1.165, 1.54) is 48.2 Å². The molecule has 0 saturated carbocycles. The second-order valence-corrected chi connectivity index (χ2v) is 12.6. The number of nitrogens with zero attached hydrogens (tertiary/aromatic N) is 1. The molecule has 3 nitrogen and oxygen atoms in total. The molecule has 0 radical (unpaired) electrons. The Labute approximate surface area is 249 Å². The molecule has 0 heterocycles. The van der Waals surface area contributed by atoms with Crippen LogP contribution < -0.4 is 25.4 Å². The summed E-state index contributed by atoms with van der Waals surface area (Å²) in [6.07, 6.45) is 0. The van der Waals surface area contributed by atoms with Crippen LogP contribution in [-0.4, -0.2) is 33.2 Å². The molecule has 0 aliphatic heterocycles. The quantitative estimate of drug-likeness (QED) is 0.122. The molecular weight excluding hydrogens is 597 g/mol. The zero-order valence-corrected chi connectivity index (χ0v) is 27.5. The first-order valence-electron chi connectivity index (χ1n) is 12.5. The molecule has 0 aliphatic rings. The van der Waals surface area contributed by atoms with Gasteiger partial charge in [-0.3, -0.25) is 0 Å². The molecule has 4 rings (SSSR count). The van der Waals surface area contributed by atoms with Crippen LogP contribution in [0.4, 0.5) is 0 Å². The molecule has 1 atom stereocenters. The van der Waals surface area contributed by atoms with Gasteiger partial charge in [0.2, 0.25) is 0 Å². The summed E-state index contributed by atoms with van der Waals surface area (Å²) < 4.78 is 12.5. The van der Waals surface area contributed by atoms with E-state index in [0.717, 1.165) is 11.5 Å². The second-order valence-electron chi connectivity index (χ2n) is 9.65. The number of hydrogen-bond donors (Lipinski definition) is 0. The maximum absolute atomic E-state index is 5.65. The molecule has 0 amide bonds. The topological polar surface area (TPSA) is 21.7 Å². The maximum Gasteiger partial charge on any atom is 0.124 e. The van der Waals surface area contributed by atoms with Crippen LogP contribution >= 0.6 is 23.9 Å². The Morgan fingerprint density at radius 1 is 0.789 bits per heavy atom. The average molecular weight is 636 g/mol. The minimum Gasteiger partial charge on any atom is -0.748 e. The number of ether oxygens (including phenoxy) is 2. The van der Waals surface area contributed by atoms with Crippen molar-refractivity contribution in [1.82, 2.24) is 4.90 Å². The summed E-state index contributed by atoms with van der Waals surface area (Å²) in [5, 5.41) is 4.00. The van der Waals surface area contributed by atoms with Crippen LogP contribution in [0.25, 0.3) is 0 Å². The monoisotopic (exact) mass is 635 g/mol. The summed E-state index contributed by atoms with van der Waals surface area (Å²) in [5.41, 5.74) is 5.99. The van der Waals surface area contributed by atoms with Gasteiger partial charge in [0, 0.05) is 17.1 Å². The Morgan fingerprint density at radius 3 is 1.47 bits per heavy atom. The van der Waals surface area contributed by atoms with Crippen molar-refractivity contribution in [2.45, 2.75) is 40.7 Å². The van der Waals surface area contributed by atoms with Gasteiger partial charge in [0.25, 0.3) is 0 Å². The standard InChI is InChI=1S/C27H34BrNO2P.C5H5.Fe/c1-16-12-21(13-17(2)26(16)30-8)32(22-14-18(3)27(31-9)19(4)15-22)24-11-10-23(25(24)28)20(5)29(6)7;1-2-4-5-3-1;/h10-15,20H,1-9H3;1-5H;/q-1;-5;. The van der Waals surface area contributed by atoms with Gasteiger partial charge in [-0.2, -0.15) is 11.6 Å². The van der Waals surface area contributed by atoms with Gasteiger partial charge >= 0.3 is 0 Å². The average Bonchev–Trinajstić information content (AvgIpc) is 3.53. The molecule has 0 fully saturated rings. The van der Waals surface area contributed by atoms with Crippen molar-refractivity contribution in [1.29, 1.82) is 0 Å². The third kappa shape index (κ3) is 7.20. The molecule has 4 aromatic rings. The van der Waals surface area contributed by atoms with Gasteiger partial charge in [0.1, 0.15) is 11.5 Å². The predicted octanol–water partition coefficient (Wildman–Crippen LogP) is 7.20. The molecule has 0 aliphatic carbocycles. The predicted molar refractivity (Wildman–Crippen MR) is 165 cm³/mol. The van der Waals surface area contributed by atoms with Gasteiger partial charge in [0.05, 0.1) is 14.2 Å². The van der Waals surface area contributed by atoms with Gasteiger partial charge in [-0.15, -0.1) is 5.30 Å². The number of rotatable bonds is 7. The molecule has 38 heavy (non-hydrogen) atoms. The molecule has 0 spiro atoms. The third-order valence-electron chi connectivity index (χ3n) is 6.74. The molecule has 0 saturated heterocycles. The molecule has 210 valence electrons. The fourth-order valence-corrected chi connectivity index (χ4v) is 8.56. The summed E-state index contributed by atoms with van der Waals surface area (Å²) in [6.45, 7) is 10.8. The normalized spacial score (nSPS) is 11.6. The van der Waals surface area contributed by atoms with Crippen LogP contribution in [0.1, 0.15) is 40.8 Å². The third-order valence-corrected chi connectivity index (χ3v) is 10.3. The van der Waals surface area contributed by atoms with E-state index >= 15 is 0 Å². The Morgan fingerprint density at radius 2 is 1.16 bits per heavy atom. The fraction of sp³-hybridized carbons (Fsp3) is 0.312. The van der Waals surface area contributed by atoms with Crippen LogP contribution in [0.3, 0.4) is 0 Å². The number of methoxy groups -OCH3 is 2. The van der Waals surface area contributed by atoms with Crippen molar-refractivity contribution in [2.75, 3.05) is 28.3 Å². The molecule has 0 aromatic heterocycles. The van der Waals surface area contributed by atoms with Gasteiger partial charge in [-0.1, -0.05) is 35.2 Å². The van der Waals surface area contributed by atoms with E-state index in [9.17, 15) is 0 Å².